The highest BCUT2D eigenvalue weighted by molar-refractivity contribution is 5.90. The van der Waals surface area contributed by atoms with Gasteiger partial charge in [-0.3, -0.25) is 0 Å². The van der Waals surface area contributed by atoms with Crippen molar-refractivity contribution < 1.29 is 13.9 Å². The minimum Gasteiger partial charge on any atom is -0.465 e. The summed E-state index contributed by atoms with van der Waals surface area (Å²) in [4.78, 5) is 13.8. The Morgan fingerprint density at radius 1 is 1.45 bits per heavy atom. The molecule has 1 fully saturated rings. The molecule has 0 aliphatic carbocycles. The summed E-state index contributed by atoms with van der Waals surface area (Å²) < 4.78 is 18.1. The third-order valence-corrected chi connectivity index (χ3v) is 3.80. The molecule has 5 heteroatoms. The second-order valence-corrected chi connectivity index (χ2v) is 5.31. The van der Waals surface area contributed by atoms with Gasteiger partial charge in [0.2, 0.25) is 0 Å². The Kier molecular flexibility index (Phi) is 4.95. The number of likely N-dealkylation sites (tertiary alicyclic amines) is 1. The lowest BCUT2D eigenvalue weighted by molar-refractivity contribution is 0.0595. The molecule has 1 aliphatic heterocycles. The van der Waals surface area contributed by atoms with Crippen molar-refractivity contribution in [1.82, 2.24) is 4.90 Å². The van der Waals surface area contributed by atoms with Crippen molar-refractivity contribution in [2.75, 3.05) is 39.1 Å². The van der Waals surface area contributed by atoms with Crippen LogP contribution in [0.4, 0.5) is 10.1 Å². The van der Waals surface area contributed by atoms with Gasteiger partial charge in [-0.1, -0.05) is 0 Å². The Morgan fingerprint density at radius 2 is 2.15 bits per heavy atom. The van der Waals surface area contributed by atoms with Gasteiger partial charge in [-0.25, -0.2) is 9.18 Å². The number of rotatable bonds is 4. The third kappa shape index (κ3) is 3.70. The van der Waals surface area contributed by atoms with E-state index in [2.05, 4.69) is 22.0 Å². The van der Waals surface area contributed by atoms with Gasteiger partial charge in [0.25, 0.3) is 0 Å². The van der Waals surface area contributed by atoms with Crippen LogP contribution in [0.5, 0.6) is 0 Å². The Hall–Kier alpha value is -1.62. The van der Waals surface area contributed by atoms with Gasteiger partial charge in [0.05, 0.1) is 12.7 Å². The lowest BCUT2D eigenvalue weighted by Crippen LogP contribution is -2.32. The number of piperidine rings is 1. The van der Waals surface area contributed by atoms with Crippen LogP contribution in [0.25, 0.3) is 0 Å². The van der Waals surface area contributed by atoms with Gasteiger partial charge in [0, 0.05) is 12.2 Å². The van der Waals surface area contributed by atoms with Crippen LogP contribution < -0.4 is 5.32 Å². The number of anilines is 1. The van der Waals surface area contributed by atoms with Crippen LogP contribution in [0.15, 0.2) is 18.2 Å². The Bertz CT molecular complexity index is 471. The second kappa shape index (κ2) is 6.70. The fourth-order valence-corrected chi connectivity index (χ4v) is 2.43. The summed E-state index contributed by atoms with van der Waals surface area (Å²) in [5.74, 6) is -0.579. The standard InChI is InChI=1S/C15H21FN2O2/c1-18-7-5-11(6-8-18)10-17-12-3-4-14(16)13(9-12)15(19)20-2/h3-4,9,11,17H,5-8,10H2,1-2H3. The summed E-state index contributed by atoms with van der Waals surface area (Å²) in [7, 11) is 3.38. The second-order valence-electron chi connectivity index (χ2n) is 5.31. The lowest BCUT2D eigenvalue weighted by Gasteiger charge is -2.29. The number of carbonyl (C=O) groups is 1. The molecule has 110 valence electrons. The highest BCUT2D eigenvalue weighted by atomic mass is 19.1. The summed E-state index contributed by atoms with van der Waals surface area (Å²) in [5, 5.41) is 3.28. The molecule has 0 radical (unpaired) electrons. The highest BCUT2D eigenvalue weighted by Crippen LogP contribution is 2.19. The number of carbonyl (C=O) groups excluding carboxylic acids is 1. The summed E-state index contributed by atoms with van der Waals surface area (Å²) in [6.45, 7) is 3.08. The number of benzene rings is 1. The molecule has 20 heavy (non-hydrogen) atoms. The number of halogens is 1. The van der Waals surface area contributed by atoms with E-state index < -0.39 is 11.8 Å². The molecule has 1 heterocycles. The van der Waals surface area contributed by atoms with E-state index >= 15 is 0 Å². The van der Waals surface area contributed by atoms with Crippen LogP contribution in [0.3, 0.4) is 0 Å². The molecule has 0 saturated carbocycles. The normalized spacial score (nSPS) is 16.9. The lowest BCUT2D eigenvalue weighted by atomic mass is 9.97. The molecule has 0 aromatic heterocycles. The van der Waals surface area contributed by atoms with Crippen molar-refractivity contribution in [1.29, 1.82) is 0 Å². The average Bonchev–Trinajstić information content (AvgIpc) is 2.47. The van der Waals surface area contributed by atoms with Crippen molar-refractivity contribution in [3.8, 4) is 0 Å². The van der Waals surface area contributed by atoms with E-state index in [1.807, 2.05) is 0 Å². The molecule has 0 bridgehead atoms. The molecule has 2 rings (SSSR count). The molecule has 1 aromatic rings. The molecule has 0 spiro atoms. The Balaban J connectivity index is 1.94. The molecule has 1 aliphatic rings. The predicted octanol–water partition coefficient (Wildman–Crippen LogP) is 2.37. The molecule has 4 nitrogen and oxygen atoms in total. The summed E-state index contributed by atoms with van der Waals surface area (Å²) >= 11 is 0. The fourth-order valence-electron chi connectivity index (χ4n) is 2.43. The van der Waals surface area contributed by atoms with Crippen LogP contribution in [0.2, 0.25) is 0 Å². The molecule has 0 unspecified atom stereocenters. The van der Waals surface area contributed by atoms with E-state index in [0.717, 1.165) is 38.2 Å². The molecule has 0 amide bonds. The smallest absolute Gasteiger partial charge is 0.340 e. The van der Waals surface area contributed by atoms with Crippen molar-refractivity contribution in [2.24, 2.45) is 5.92 Å². The van der Waals surface area contributed by atoms with E-state index in [1.165, 1.54) is 19.2 Å². The van der Waals surface area contributed by atoms with E-state index in [1.54, 1.807) is 6.07 Å². The average molecular weight is 280 g/mol. The molecule has 0 atom stereocenters. The van der Waals surface area contributed by atoms with Gasteiger partial charge in [-0.15, -0.1) is 0 Å². The summed E-state index contributed by atoms with van der Waals surface area (Å²) in [6.07, 6.45) is 2.32. The Morgan fingerprint density at radius 3 is 2.80 bits per heavy atom. The molecule has 1 saturated heterocycles. The first-order valence-corrected chi connectivity index (χ1v) is 6.90. The fraction of sp³-hybridized carbons (Fsp3) is 0.533. The first-order valence-electron chi connectivity index (χ1n) is 6.90. The summed E-state index contributed by atoms with van der Waals surface area (Å²) in [6, 6.07) is 4.45. The van der Waals surface area contributed by atoms with E-state index in [0.29, 0.717) is 5.92 Å². The summed E-state index contributed by atoms with van der Waals surface area (Å²) in [5.41, 5.74) is 0.728. The van der Waals surface area contributed by atoms with Gasteiger partial charge < -0.3 is 15.0 Å². The molecule has 1 N–H and O–H groups in total. The zero-order valence-electron chi connectivity index (χ0n) is 12.0. The van der Waals surface area contributed by atoms with Crippen LogP contribution in [-0.4, -0.2) is 44.7 Å². The number of ether oxygens (including phenoxy) is 1. The van der Waals surface area contributed by atoms with Gasteiger partial charge in [-0.2, -0.15) is 0 Å². The van der Waals surface area contributed by atoms with Crippen molar-refractivity contribution in [3.63, 3.8) is 0 Å². The number of hydrogen-bond donors (Lipinski definition) is 1. The highest BCUT2D eigenvalue weighted by Gasteiger charge is 2.17. The largest absolute Gasteiger partial charge is 0.465 e. The zero-order valence-corrected chi connectivity index (χ0v) is 12.0. The van der Waals surface area contributed by atoms with E-state index in [9.17, 15) is 9.18 Å². The number of esters is 1. The van der Waals surface area contributed by atoms with Gasteiger partial charge >= 0.3 is 5.97 Å². The Labute approximate surface area is 118 Å². The van der Waals surface area contributed by atoms with Crippen molar-refractivity contribution in [2.45, 2.75) is 12.8 Å². The first-order chi connectivity index (χ1) is 9.60. The minimum absolute atomic E-state index is 0.0270. The molecule has 1 aromatic carbocycles. The third-order valence-electron chi connectivity index (χ3n) is 3.80. The molecular weight excluding hydrogens is 259 g/mol. The van der Waals surface area contributed by atoms with Gasteiger partial charge in [-0.05, 0) is 57.1 Å². The topological polar surface area (TPSA) is 41.6 Å². The number of hydrogen-bond acceptors (Lipinski definition) is 4. The van der Waals surface area contributed by atoms with Crippen LogP contribution in [-0.2, 0) is 4.74 Å². The number of methoxy groups -OCH3 is 1. The van der Waals surface area contributed by atoms with Crippen LogP contribution >= 0.6 is 0 Å². The predicted molar refractivity (Wildman–Crippen MR) is 76.5 cm³/mol. The van der Waals surface area contributed by atoms with E-state index in [-0.39, 0.29) is 5.56 Å². The maximum absolute atomic E-state index is 13.5. The maximum atomic E-state index is 13.5. The quantitative estimate of drug-likeness (QED) is 0.860. The van der Waals surface area contributed by atoms with Gasteiger partial charge in [0.1, 0.15) is 5.82 Å². The maximum Gasteiger partial charge on any atom is 0.340 e. The van der Waals surface area contributed by atoms with Crippen molar-refractivity contribution in [3.05, 3.63) is 29.6 Å². The monoisotopic (exact) mass is 280 g/mol. The van der Waals surface area contributed by atoms with Crippen LogP contribution in [0, 0.1) is 11.7 Å². The first kappa shape index (κ1) is 14.8. The van der Waals surface area contributed by atoms with Crippen molar-refractivity contribution >= 4 is 11.7 Å². The zero-order chi connectivity index (χ0) is 14.5. The molecular formula is C15H21FN2O2. The van der Waals surface area contributed by atoms with Crippen LogP contribution in [0.1, 0.15) is 23.2 Å². The van der Waals surface area contributed by atoms with Gasteiger partial charge in [0.15, 0.2) is 0 Å². The number of nitrogens with one attached hydrogen (secondary N) is 1. The number of nitrogens with zero attached hydrogens (tertiary/aromatic N) is 1. The minimum atomic E-state index is -0.648. The SMILES string of the molecule is COC(=O)c1cc(NCC2CCN(C)CC2)ccc1F. The van der Waals surface area contributed by atoms with E-state index in [4.69, 9.17) is 0 Å².